The molecule has 2 unspecified atom stereocenters. The molecule has 0 aromatic rings. The van der Waals surface area contributed by atoms with Gasteiger partial charge in [0.05, 0.1) is 40.3 Å². The zero-order valence-corrected chi connectivity index (χ0v) is 34.7. The van der Waals surface area contributed by atoms with Crippen LogP contribution in [0.3, 0.4) is 0 Å². The number of quaternary nitrogens is 1. The maximum Gasteiger partial charge on any atom is 0.306 e. The van der Waals surface area contributed by atoms with E-state index in [0.717, 1.165) is 51.4 Å². The standard InChI is InChI=1S/C45H79NO7/c1-6-8-10-12-14-15-16-17-18-19-20-21-22-23-24-25-26-27-28-30-32-34-36-44(48)53-41(39-51-38-37-42(45(49)50)46(3,4)5)40-52-43(47)35-33-31-29-13-11-9-7-2/h14-15,17-18,20-21,29,31,41-42H,6-13,16,19,22-28,30,32-40H2,1-5H3/b15-14+,18-17+,21-20+,31-29+. The minimum atomic E-state index is -1.13. The van der Waals surface area contributed by atoms with Gasteiger partial charge in [-0.05, 0) is 64.2 Å². The van der Waals surface area contributed by atoms with Crippen molar-refractivity contribution in [2.75, 3.05) is 41.0 Å². The van der Waals surface area contributed by atoms with Gasteiger partial charge in [-0.15, -0.1) is 0 Å². The molecule has 0 aliphatic carbocycles. The maximum absolute atomic E-state index is 12.7. The Morgan fingerprint density at radius 1 is 0.566 bits per heavy atom. The SMILES string of the molecule is CCCCC/C=C/C/C=C/C/C=C/CCCCCCCCCCCC(=O)OC(COCCC(C(=O)[O-])[N+](C)(C)C)COC(=O)CC/C=C/CCCCC. The number of carboxylic acids is 1. The fraction of sp³-hybridized carbons (Fsp3) is 0.756. The van der Waals surface area contributed by atoms with Crippen molar-refractivity contribution in [1.29, 1.82) is 0 Å². The van der Waals surface area contributed by atoms with E-state index in [2.05, 4.69) is 56.4 Å². The van der Waals surface area contributed by atoms with Gasteiger partial charge in [-0.1, -0.05) is 133 Å². The Hall–Kier alpha value is -2.71. The summed E-state index contributed by atoms with van der Waals surface area (Å²) in [5, 5.41) is 11.6. The summed E-state index contributed by atoms with van der Waals surface area (Å²) in [5.41, 5.74) is 0. The van der Waals surface area contributed by atoms with Gasteiger partial charge in [0, 0.05) is 19.3 Å². The van der Waals surface area contributed by atoms with Crippen molar-refractivity contribution in [1.82, 2.24) is 0 Å². The lowest BCUT2D eigenvalue weighted by Crippen LogP contribution is -2.55. The highest BCUT2D eigenvalue weighted by Gasteiger charge is 2.25. The predicted molar refractivity (Wildman–Crippen MR) is 217 cm³/mol. The van der Waals surface area contributed by atoms with Gasteiger partial charge >= 0.3 is 11.9 Å². The Balaban J connectivity index is 4.24. The first-order valence-electron chi connectivity index (χ1n) is 21.2. The topological polar surface area (TPSA) is 102 Å². The molecule has 306 valence electrons. The molecule has 0 aliphatic heterocycles. The molecular weight excluding hydrogens is 666 g/mol. The zero-order chi connectivity index (χ0) is 39.3. The molecule has 0 rings (SSSR count). The Labute approximate surface area is 325 Å². The lowest BCUT2D eigenvalue weighted by atomic mass is 10.1. The molecule has 0 bridgehead atoms. The number of hydrogen-bond acceptors (Lipinski definition) is 7. The molecule has 0 saturated heterocycles. The normalized spacial score (nSPS) is 13.5. The summed E-state index contributed by atoms with van der Waals surface area (Å²) in [6, 6.07) is -0.730. The van der Waals surface area contributed by atoms with E-state index in [0.29, 0.717) is 12.8 Å². The summed E-state index contributed by atoms with van der Waals surface area (Å²) in [4.78, 5) is 36.6. The van der Waals surface area contributed by atoms with E-state index in [1.54, 1.807) is 21.1 Å². The molecule has 0 aliphatic rings. The van der Waals surface area contributed by atoms with Crippen LogP contribution in [0.1, 0.15) is 168 Å². The molecule has 0 N–H and O–H groups in total. The first-order valence-corrected chi connectivity index (χ1v) is 21.2. The minimum Gasteiger partial charge on any atom is -0.544 e. The quantitative estimate of drug-likeness (QED) is 0.0270. The summed E-state index contributed by atoms with van der Waals surface area (Å²) in [6.07, 6.45) is 41.7. The fourth-order valence-electron chi connectivity index (χ4n) is 5.86. The lowest BCUT2D eigenvalue weighted by Gasteiger charge is -2.34. The predicted octanol–water partition coefficient (Wildman–Crippen LogP) is 9.91. The molecule has 0 heterocycles. The third kappa shape index (κ3) is 34.8. The molecule has 53 heavy (non-hydrogen) atoms. The number of hydrogen-bond donors (Lipinski definition) is 0. The minimum absolute atomic E-state index is 0.0260. The van der Waals surface area contributed by atoms with Crippen molar-refractivity contribution in [3.63, 3.8) is 0 Å². The maximum atomic E-state index is 12.7. The van der Waals surface area contributed by atoms with Crippen LogP contribution in [0.2, 0.25) is 0 Å². The van der Waals surface area contributed by atoms with E-state index in [1.165, 1.54) is 77.0 Å². The van der Waals surface area contributed by atoms with Crippen LogP contribution >= 0.6 is 0 Å². The molecule has 8 nitrogen and oxygen atoms in total. The second-order valence-corrected chi connectivity index (χ2v) is 15.2. The van der Waals surface area contributed by atoms with Gasteiger partial charge in [0.25, 0.3) is 0 Å². The smallest absolute Gasteiger partial charge is 0.306 e. The highest BCUT2D eigenvalue weighted by molar-refractivity contribution is 5.70. The summed E-state index contributed by atoms with van der Waals surface area (Å²) in [5.74, 6) is -1.82. The molecular formula is C45H79NO7. The Morgan fingerprint density at radius 3 is 1.57 bits per heavy atom. The van der Waals surface area contributed by atoms with E-state index >= 15 is 0 Å². The first-order chi connectivity index (χ1) is 25.6. The van der Waals surface area contributed by atoms with Crippen LogP contribution in [0.4, 0.5) is 0 Å². The van der Waals surface area contributed by atoms with Gasteiger partial charge in [0.1, 0.15) is 12.6 Å². The van der Waals surface area contributed by atoms with E-state index in [4.69, 9.17) is 14.2 Å². The van der Waals surface area contributed by atoms with Crippen molar-refractivity contribution in [3.05, 3.63) is 48.6 Å². The largest absolute Gasteiger partial charge is 0.544 e. The van der Waals surface area contributed by atoms with Gasteiger partial charge in [-0.25, -0.2) is 0 Å². The van der Waals surface area contributed by atoms with E-state index < -0.39 is 18.1 Å². The van der Waals surface area contributed by atoms with E-state index in [1.807, 2.05) is 6.08 Å². The van der Waals surface area contributed by atoms with Crippen LogP contribution in [-0.4, -0.2) is 75.5 Å². The second kappa shape index (κ2) is 36.3. The Kier molecular flexibility index (Phi) is 34.4. The van der Waals surface area contributed by atoms with Crippen LogP contribution < -0.4 is 5.11 Å². The molecule has 0 aromatic carbocycles. The van der Waals surface area contributed by atoms with Gasteiger partial charge in [-0.3, -0.25) is 9.59 Å². The summed E-state index contributed by atoms with van der Waals surface area (Å²) < 4.78 is 17.0. The van der Waals surface area contributed by atoms with Crippen LogP contribution in [0.25, 0.3) is 0 Å². The first kappa shape index (κ1) is 50.3. The highest BCUT2D eigenvalue weighted by Crippen LogP contribution is 2.13. The number of ether oxygens (including phenoxy) is 3. The second-order valence-electron chi connectivity index (χ2n) is 15.2. The number of carboxylic acid groups (broad SMARTS) is 1. The third-order valence-electron chi connectivity index (χ3n) is 9.20. The number of rotatable bonds is 37. The van der Waals surface area contributed by atoms with Crippen LogP contribution in [0.5, 0.6) is 0 Å². The molecule has 0 amide bonds. The molecule has 0 fully saturated rings. The van der Waals surface area contributed by atoms with Gasteiger partial charge in [-0.2, -0.15) is 0 Å². The summed E-state index contributed by atoms with van der Waals surface area (Å²) in [6.45, 7) is 4.51. The molecule has 0 spiro atoms. The molecule has 0 radical (unpaired) electrons. The van der Waals surface area contributed by atoms with Crippen LogP contribution in [0.15, 0.2) is 48.6 Å². The summed E-state index contributed by atoms with van der Waals surface area (Å²) in [7, 11) is 5.38. The van der Waals surface area contributed by atoms with Crippen molar-refractivity contribution < 1.29 is 38.2 Å². The molecule has 2 atom stereocenters. The number of likely N-dealkylation sites (N-methyl/N-ethyl adjacent to an activating group) is 1. The van der Waals surface area contributed by atoms with E-state index in [9.17, 15) is 19.5 Å². The van der Waals surface area contributed by atoms with Gasteiger partial charge < -0.3 is 28.6 Å². The number of nitrogens with zero attached hydrogens (tertiary/aromatic N) is 1. The van der Waals surface area contributed by atoms with Crippen molar-refractivity contribution in [2.24, 2.45) is 0 Å². The third-order valence-corrected chi connectivity index (χ3v) is 9.20. The number of allylic oxidation sites excluding steroid dienone is 8. The van der Waals surface area contributed by atoms with Gasteiger partial charge in [0.2, 0.25) is 0 Å². The monoisotopic (exact) mass is 746 g/mol. The highest BCUT2D eigenvalue weighted by atomic mass is 16.6. The van der Waals surface area contributed by atoms with E-state index in [-0.39, 0.29) is 49.1 Å². The molecule has 8 heteroatoms. The van der Waals surface area contributed by atoms with Crippen molar-refractivity contribution >= 4 is 17.9 Å². The number of carbonyl (C=O) groups excluding carboxylic acids is 3. The van der Waals surface area contributed by atoms with Crippen LogP contribution in [-0.2, 0) is 28.6 Å². The number of carbonyl (C=O) groups is 3. The Bertz CT molecular complexity index is 1010. The zero-order valence-electron chi connectivity index (χ0n) is 34.7. The van der Waals surface area contributed by atoms with Gasteiger partial charge in [0.15, 0.2) is 6.10 Å². The van der Waals surface area contributed by atoms with Crippen molar-refractivity contribution in [3.8, 4) is 0 Å². The van der Waals surface area contributed by atoms with Crippen molar-refractivity contribution in [2.45, 2.75) is 180 Å². The fourth-order valence-corrected chi connectivity index (χ4v) is 5.86. The average Bonchev–Trinajstić information content (AvgIpc) is 3.11. The van der Waals surface area contributed by atoms with Crippen LogP contribution in [0, 0.1) is 0 Å². The summed E-state index contributed by atoms with van der Waals surface area (Å²) >= 11 is 0. The lowest BCUT2D eigenvalue weighted by molar-refractivity contribution is -0.889. The molecule has 0 aromatic heterocycles. The number of esters is 2. The number of unbranched alkanes of at least 4 members (excludes halogenated alkanes) is 15. The number of aliphatic carboxylic acids is 1. The Morgan fingerprint density at radius 2 is 1.04 bits per heavy atom. The average molecular weight is 746 g/mol. The molecule has 0 saturated carbocycles.